The topological polar surface area (TPSA) is 115 Å². The number of hydrogen-bond acceptors (Lipinski definition) is 3. The summed E-state index contributed by atoms with van der Waals surface area (Å²) in [6, 6.07) is 5.81. The van der Waals surface area contributed by atoms with Gasteiger partial charge in [-0.15, -0.1) is 0 Å². The first-order chi connectivity index (χ1) is 6.45. The van der Waals surface area contributed by atoms with Crippen LogP contribution < -0.4 is 0 Å². The molecule has 0 unspecified atom stereocenters. The van der Waals surface area contributed by atoms with Crippen LogP contribution >= 0.6 is 0 Å². The van der Waals surface area contributed by atoms with Gasteiger partial charge in [0.15, 0.2) is 0 Å². The van der Waals surface area contributed by atoms with E-state index in [-0.39, 0.29) is 49.1 Å². The molecule has 6 nitrogen and oxygen atoms in total. The molecule has 0 fully saturated rings. The third-order valence-corrected chi connectivity index (χ3v) is 1.13. The van der Waals surface area contributed by atoms with Gasteiger partial charge >= 0.3 is 49.9 Å². The molecule has 0 aliphatic rings. The molecule has 80 valence electrons. The summed E-state index contributed by atoms with van der Waals surface area (Å²) in [6.45, 7) is 0. The van der Waals surface area contributed by atoms with Gasteiger partial charge in [0.05, 0.1) is 0 Å². The van der Waals surface area contributed by atoms with E-state index in [0.29, 0.717) is 0 Å². The predicted molar refractivity (Wildman–Crippen MR) is 54.3 cm³/mol. The first-order valence-corrected chi connectivity index (χ1v) is 3.38. The van der Waals surface area contributed by atoms with Gasteiger partial charge < -0.3 is 20.4 Å². The second-order valence-electron chi connectivity index (χ2n) is 2.10. The standard InChI is InChI=1S/C7H6O3.CH2O3.Ca.2H/c8-6-4-2-1-3-5(6)7(9)10;2-1(3)4;;;/h1-4,8H,(H,9,10);(H2,2,3,4);;;. The number of carboxylic acids is 1. The molecule has 0 saturated carbocycles. The molecule has 0 radical (unpaired) electrons. The van der Waals surface area contributed by atoms with Crippen LogP contribution in [-0.4, -0.2) is 70.3 Å². The number of aromatic hydroxyl groups is 1. The van der Waals surface area contributed by atoms with Gasteiger partial charge in [-0.2, -0.15) is 0 Å². The Kier molecular flexibility index (Phi) is 9.14. The van der Waals surface area contributed by atoms with Crippen LogP contribution in [0, 0.1) is 0 Å². The van der Waals surface area contributed by atoms with Gasteiger partial charge in [-0.3, -0.25) is 0 Å². The number of carbonyl (C=O) groups is 2. The van der Waals surface area contributed by atoms with E-state index in [9.17, 15) is 4.79 Å². The molecule has 0 aliphatic heterocycles. The monoisotopic (exact) mass is 242 g/mol. The van der Waals surface area contributed by atoms with E-state index in [1.807, 2.05) is 0 Å². The third kappa shape index (κ3) is 8.04. The third-order valence-electron chi connectivity index (χ3n) is 1.13. The SMILES string of the molecule is O=C(O)O.O=C(O)c1ccccc1O.[CaH2]. The number of hydrogen-bond donors (Lipinski definition) is 4. The van der Waals surface area contributed by atoms with Gasteiger partial charge in [0, 0.05) is 0 Å². The zero-order valence-corrected chi connectivity index (χ0v) is 6.91. The Morgan fingerprint density at radius 2 is 1.40 bits per heavy atom. The van der Waals surface area contributed by atoms with E-state index in [1.165, 1.54) is 12.1 Å². The fourth-order valence-corrected chi connectivity index (χ4v) is 0.654. The zero-order chi connectivity index (χ0) is 11.1. The summed E-state index contributed by atoms with van der Waals surface area (Å²) < 4.78 is 0. The van der Waals surface area contributed by atoms with Crippen LogP contribution in [0.4, 0.5) is 4.79 Å². The van der Waals surface area contributed by atoms with Crippen LogP contribution in [-0.2, 0) is 0 Å². The van der Waals surface area contributed by atoms with Gasteiger partial charge in [0.1, 0.15) is 11.3 Å². The molecule has 0 amide bonds. The van der Waals surface area contributed by atoms with Crippen molar-refractivity contribution in [3.05, 3.63) is 29.8 Å². The van der Waals surface area contributed by atoms with E-state index in [2.05, 4.69) is 0 Å². The van der Waals surface area contributed by atoms with E-state index in [0.717, 1.165) is 0 Å². The number of benzene rings is 1. The molecule has 1 aromatic carbocycles. The van der Waals surface area contributed by atoms with Crippen LogP contribution in [0.3, 0.4) is 0 Å². The van der Waals surface area contributed by atoms with Crippen molar-refractivity contribution in [3.8, 4) is 5.75 Å². The molecule has 0 heterocycles. The molecule has 0 spiro atoms. The maximum atomic E-state index is 10.3. The Morgan fingerprint density at radius 3 is 1.67 bits per heavy atom. The molecular weight excluding hydrogens is 232 g/mol. The summed E-state index contributed by atoms with van der Waals surface area (Å²) in [5.41, 5.74) is -0.0671. The normalized spacial score (nSPS) is 7.73. The molecule has 0 aliphatic carbocycles. The van der Waals surface area contributed by atoms with E-state index < -0.39 is 12.1 Å². The number of carboxylic acid groups (broad SMARTS) is 3. The number of phenols is 1. The fourth-order valence-electron chi connectivity index (χ4n) is 0.654. The fraction of sp³-hybridized carbons (Fsp3) is 0. The van der Waals surface area contributed by atoms with Gasteiger partial charge in [0.25, 0.3) is 0 Å². The summed E-state index contributed by atoms with van der Waals surface area (Å²) >= 11 is 0. The van der Waals surface area contributed by atoms with E-state index in [4.69, 9.17) is 25.2 Å². The zero-order valence-electron chi connectivity index (χ0n) is 6.91. The Labute approximate surface area is 115 Å². The molecule has 15 heavy (non-hydrogen) atoms. The summed E-state index contributed by atoms with van der Waals surface area (Å²) in [4.78, 5) is 18.8. The predicted octanol–water partition coefficient (Wildman–Crippen LogP) is 0.397. The van der Waals surface area contributed by atoms with Crippen molar-refractivity contribution in [2.45, 2.75) is 0 Å². The Balaban J connectivity index is 0. The van der Waals surface area contributed by atoms with E-state index >= 15 is 0 Å². The minimum atomic E-state index is -1.83. The average Bonchev–Trinajstić information content (AvgIpc) is 2.03. The quantitative estimate of drug-likeness (QED) is 0.530. The molecule has 1 rings (SSSR count). The van der Waals surface area contributed by atoms with Crippen molar-refractivity contribution < 1.29 is 30.0 Å². The van der Waals surface area contributed by atoms with Crippen LogP contribution in [0.25, 0.3) is 0 Å². The van der Waals surface area contributed by atoms with Crippen molar-refractivity contribution >= 4 is 49.9 Å². The molecule has 4 N–H and O–H groups in total. The summed E-state index contributed by atoms with van der Waals surface area (Å²) in [5, 5.41) is 31.3. The van der Waals surface area contributed by atoms with Gasteiger partial charge in [-0.25, -0.2) is 9.59 Å². The first-order valence-electron chi connectivity index (χ1n) is 3.38. The Bertz CT molecular complexity index is 334. The number of rotatable bonds is 1. The Hall–Kier alpha value is -0.980. The number of aromatic carboxylic acids is 1. The van der Waals surface area contributed by atoms with Gasteiger partial charge in [0.2, 0.25) is 0 Å². The van der Waals surface area contributed by atoms with Crippen LogP contribution in [0.2, 0.25) is 0 Å². The summed E-state index contributed by atoms with van der Waals surface area (Å²) in [6.07, 6.45) is -1.83. The van der Waals surface area contributed by atoms with Crippen molar-refractivity contribution in [2.24, 2.45) is 0 Å². The molecular formula is C8H10CaO6. The molecule has 0 bridgehead atoms. The summed E-state index contributed by atoms with van der Waals surface area (Å²) in [5.74, 6) is -1.31. The van der Waals surface area contributed by atoms with Crippen molar-refractivity contribution in [1.82, 2.24) is 0 Å². The molecule has 0 aromatic heterocycles. The molecule has 0 saturated heterocycles. The van der Waals surface area contributed by atoms with Crippen molar-refractivity contribution in [1.29, 1.82) is 0 Å². The maximum absolute atomic E-state index is 10.3. The average molecular weight is 242 g/mol. The van der Waals surface area contributed by atoms with Crippen LogP contribution in [0.5, 0.6) is 5.75 Å². The number of para-hydroxylation sites is 1. The van der Waals surface area contributed by atoms with Crippen molar-refractivity contribution in [2.75, 3.05) is 0 Å². The van der Waals surface area contributed by atoms with Crippen LogP contribution in [0.1, 0.15) is 10.4 Å². The second kappa shape index (κ2) is 8.34. The molecule has 0 atom stereocenters. The Morgan fingerprint density at radius 1 is 1.00 bits per heavy atom. The van der Waals surface area contributed by atoms with Gasteiger partial charge in [-0.05, 0) is 12.1 Å². The minimum absolute atomic E-state index is 0. The summed E-state index contributed by atoms with van der Waals surface area (Å²) in [7, 11) is 0. The first kappa shape index (κ1) is 16.4. The van der Waals surface area contributed by atoms with Gasteiger partial charge in [-0.1, -0.05) is 12.1 Å². The van der Waals surface area contributed by atoms with Crippen molar-refractivity contribution in [3.63, 3.8) is 0 Å². The molecule has 7 heteroatoms. The molecule has 1 aromatic rings. The van der Waals surface area contributed by atoms with E-state index in [1.54, 1.807) is 12.1 Å². The van der Waals surface area contributed by atoms with Crippen LogP contribution in [0.15, 0.2) is 24.3 Å². The second-order valence-corrected chi connectivity index (χ2v) is 2.10.